The molecule has 4 rings (SSSR count). The maximum atomic E-state index is 12.8. The average molecular weight is 357 g/mol. The number of aliphatic carboxylic acids is 1. The van der Waals surface area contributed by atoms with Crippen LogP contribution < -0.4 is 5.69 Å². The van der Waals surface area contributed by atoms with Crippen LogP contribution in [-0.2, 0) is 4.79 Å². The van der Waals surface area contributed by atoms with Gasteiger partial charge in [-0.3, -0.25) is 14.2 Å². The van der Waals surface area contributed by atoms with Crippen LogP contribution in [0.2, 0.25) is 0 Å². The predicted octanol–water partition coefficient (Wildman–Crippen LogP) is 2.38. The van der Waals surface area contributed by atoms with Crippen LogP contribution in [0.25, 0.3) is 11.0 Å². The number of imidazole rings is 1. The number of nitrogens with one attached hydrogen (secondary N) is 1. The van der Waals surface area contributed by atoms with E-state index in [-0.39, 0.29) is 24.2 Å². The highest BCUT2D eigenvalue weighted by atomic mass is 16.4. The molecule has 2 N–H and O–H groups in total. The highest BCUT2D eigenvalue weighted by Crippen LogP contribution is 2.31. The van der Waals surface area contributed by atoms with E-state index in [1.54, 1.807) is 17.0 Å². The van der Waals surface area contributed by atoms with Crippen molar-refractivity contribution < 1.29 is 14.7 Å². The Morgan fingerprint density at radius 3 is 2.62 bits per heavy atom. The first-order valence-electron chi connectivity index (χ1n) is 9.31. The van der Waals surface area contributed by atoms with Crippen LogP contribution in [0.5, 0.6) is 0 Å². The minimum Gasteiger partial charge on any atom is -0.481 e. The SMILES string of the molecule is O=C(O)[C@H]1CCCN(C(=O)c2ccc3c(c2)[nH]c(=O)n3C2CCCC2)C1. The Morgan fingerprint density at radius 2 is 1.88 bits per heavy atom. The van der Waals surface area contributed by atoms with Gasteiger partial charge in [0, 0.05) is 24.7 Å². The van der Waals surface area contributed by atoms with Crippen molar-refractivity contribution in [3.63, 3.8) is 0 Å². The molecule has 0 radical (unpaired) electrons. The Kier molecular flexibility index (Phi) is 4.30. The molecule has 0 spiro atoms. The van der Waals surface area contributed by atoms with Gasteiger partial charge in [-0.1, -0.05) is 12.8 Å². The Bertz CT molecular complexity index is 907. The average Bonchev–Trinajstić information content (AvgIpc) is 3.27. The van der Waals surface area contributed by atoms with Gasteiger partial charge in [-0.15, -0.1) is 0 Å². The first-order chi connectivity index (χ1) is 12.5. The van der Waals surface area contributed by atoms with Crippen molar-refractivity contribution >= 4 is 22.9 Å². The van der Waals surface area contributed by atoms with E-state index in [0.717, 1.165) is 31.2 Å². The summed E-state index contributed by atoms with van der Waals surface area (Å²) in [7, 11) is 0. The van der Waals surface area contributed by atoms with E-state index in [4.69, 9.17) is 0 Å². The third-order valence-corrected chi connectivity index (χ3v) is 5.71. The van der Waals surface area contributed by atoms with Gasteiger partial charge in [0.1, 0.15) is 0 Å². The van der Waals surface area contributed by atoms with Gasteiger partial charge in [-0.2, -0.15) is 0 Å². The number of fused-ring (bicyclic) bond motifs is 1. The molecule has 1 aromatic heterocycles. The fourth-order valence-corrected chi connectivity index (χ4v) is 4.33. The molecule has 1 amide bonds. The maximum absolute atomic E-state index is 12.8. The monoisotopic (exact) mass is 357 g/mol. The zero-order valence-electron chi connectivity index (χ0n) is 14.6. The van der Waals surface area contributed by atoms with E-state index < -0.39 is 11.9 Å². The van der Waals surface area contributed by atoms with Crippen molar-refractivity contribution in [1.82, 2.24) is 14.5 Å². The summed E-state index contributed by atoms with van der Waals surface area (Å²) in [5, 5.41) is 9.21. The van der Waals surface area contributed by atoms with E-state index in [9.17, 15) is 19.5 Å². The van der Waals surface area contributed by atoms with Crippen LogP contribution in [0.4, 0.5) is 0 Å². The molecule has 0 bridgehead atoms. The third kappa shape index (κ3) is 2.91. The molecule has 7 nitrogen and oxygen atoms in total. The standard InChI is InChI=1S/C19H23N3O4/c23-17(21-9-3-4-13(11-21)18(24)25)12-7-8-16-15(10-12)20-19(26)22(16)14-5-1-2-6-14/h7-8,10,13-14H,1-6,9,11H2,(H,20,26)(H,24,25)/t13-/m0/s1. The summed E-state index contributed by atoms with van der Waals surface area (Å²) in [5.41, 5.74) is 1.86. The second-order valence-electron chi connectivity index (χ2n) is 7.40. The van der Waals surface area contributed by atoms with E-state index in [1.165, 1.54) is 0 Å². The van der Waals surface area contributed by atoms with Crippen LogP contribution in [0.15, 0.2) is 23.0 Å². The van der Waals surface area contributed by atoms with Crippen molar-refractivity contribution in [1.29, 1.82) is 0 Å². The molecule has 0 unspecified atom stereocenters. The lowest BCUT2D eigenvalue weighted by Crippen LogP contribution is -2.42. The molecule has 2 heterocycles. The highest BCUT2D eigenvalue weighted by molar-refractivity contribution is 5.97. The second kappa shape index (κ2) is 6.63. The molecule has 1 aromatic carbocycles. The van der Waals surface area contributed by atoms with Gasteiger partial charge in [-0.25, -0.2) is 4.79 Å². The number of hydrogen-bond acceptors (Lipinski definition) is 3. The first-order valence-corrected chi connectivity index (χ1v) is 9.31. The zero-order valence-corrected chi connectivity index (χ0v) is 14.6. The number of carboxylic acid groups (broad SMARTS) is 1. The van der Waals surface area contributed by atoms with Gasteiger partial charge in [0.05, 0.1) is 17.0 Å². The van der Waals surface area contributed by atoms with Crippen LogP contribution in [-0.4, -0.2) is 44.5 Å². The van der Waals surface area contributed by atoms with Crippen molar-refractivity contribution in [3.05, 3.63) is 34.2 Å². The largest absolute Gasteiger partial charge is 0.481 e. The number of likely N-dealkylation sites (tertiary alicyclic amines) is 1. The number of aromatic nitrogens is 2. The number of amides is 1. The van der Waals surface area contributed by atoms with Gasteiger partial charge in [0.25, 0.3) is 5.91 Å². The molecule has 1 saturated carbocycles. The normalized spacial score (nSPS) is 21.4. The summed E-state index contributed by atoms with van der Waals surface area (Å²) in [4.78, 5) is 40.9. The van der Waals surface area contributed by atoms with Crippen LogP contribution >= 0.6 is 0 Å². The molecule has 1 saturated heterocycles. The summed E-state index contributed by atoms with van der Waals surface area (Å²) >= 11 is 0. The van der Waals surface area contributed by atoms with E-state index in [0.29, 0.717) is 30.5 Å². The van der Waals surface area contributed by atoms with Gasteiger partial charge in [-0.05, 0) is 43.9 Å². The Hall–Kier alpha value is -2.57. The molecule has 1 aliphatic carbocycles. The number of H-pyrrole nitrogens is 1. The number of benzene rings is 1. The van der Waals surface area contributed by atoms with E-state index >= 15 is 0 Å². The minimum absolute atomic E-state index is 0.125. The third-order valence-electron chi connectivity index (χ3n) is 5.71. The molecular weight excluding hydrogens is 334 g/mol. The summed E-state index contributed by atoms with van der Waals surface area (Å²) in [6.45, 7) is 0.812. The molecule has 1 atom stereocenters. The van der Waals surface area contributed by atoms with Crippen LogP contribution in [0.1, 0.15) is 54.9 Å². The molecule has 2 fully saturated rings. The molecule has 26 heavy (non-hydrogen) atoms. The van der Waals surface area contributed by atoms with Crippen molar-refractivity contribution in [3.8, 4) is 0 Å². The lowest BCUT2D eigenvalue weighted by Gasteiger charge is -2.30. The molecular formula is C19H23N3O4. The first kappa shape index (κ1) is 16.9. The lowest BCUT2D eigenvalue weighted by atomic mass is 9.97. The van der Waals surface area contributed by atoms with E-state index in [2.05, 4.69) is 4.98 Å². The topological polar surface area (TPSA) is 95.4 Å². The highest BCUT2D eigenvalue weighted by Gasteiger charge is 2.29. The fourth-order valence-electron chi connectivity index (χ4n) is 4.33. The Morgan fingerprint density at radius 1 is 1.12 bits per heavy atom. The summed E-state index contributed by atoms with van der Waals surface area (Å²) in [5.74, 6) is -1.53. The number of carboxylic acids is 1. The van der Waals surface area contributed by atoms with Crippen molar-refractivity contribution in [2.75, 3.05) is 13.1 Å². The fraction of sp³-hybridized carbons (Fsp3) is 0.526. The van der Waals surface area contributed by atoms with Gasteiger partial charge in [0.15, 0.2) is 0 Å². The molecule has 1 aliphatic heterocycles. The lowest BCUT2D eigenvalue weighted by molar-refractivity contribution is -0.143. The van der Waals surface area contributed by atoms with Gasteiger partial charge >= 0.3 is 11.7 Å². The number of hydrogen-bond donors (Lipinski definition) is 2. The molecule has 7 heteroatoms. The Labute approximate surface area is 150 Å². The quantitative estimate of drug-likeness (QED) is 0.882. The van der Waals surface area contributed by atoms with Crippen molar-refractivity contribution in [2.24, 2.45) is 5.92 Å². The minimum atomic E-state index is -0.851. The molecule has 138 valence electrons. The zero-order chi connectivity index (χ0) is 18.3. The van der Waals surface area contributed by atoms with Gasteiger partial charge < -0.3 is 15.0 Å². The number of carbonyl (C=O) groups is 2. The smallest absolute Gasteiger partial charge is 0.326 e. The number of nitrogens with zero attached hydrogens (tertiary/aromatic N) is 2. The molecule has 2 aromatic rings. The van der Waals surface area contributed by atoms with E-state index in [1.807, 2.05) is 10.6 Å². The number of piperidine rings is 1. The maximum Gasteiger partial charge on any atom is 0.326 e. The van der Waals surface area contributed by atoms with Gasteiger partial charge in [0.2, 0.25) is 0 Å². The summed E-state index contributed by atoms with van der Waals surface area (Å²) < 4.78 is 1.82. The summed E-state index contributed by atoms with van der Waals surface area (Å²) in [6, 6.07) is 5.52. The second-order valence-corrected chi connectivity index (χ2v) is 7.40. The molecule has 2 aliphatic rings. The number of carbonyl (C=O) groups excluding carboxylic acids is 1. The summed E-state index contributed by atoms with van der Waals surface area (Å²) in [6.07, 6.45) is 5.60. The number of aromatic amines is 1. The number of rotatable bonds is 3. The predicted molar refractivity (Wildman–Crippen MR) is 96.3 cm³/mol. The Balaban J connectivity index is 1.62. The van der Waals surface area contributed by atoms with Crippen LogP contribution in [0, 0.1) is 5.92 Å². The van der Waals surface area contributed by atoms with Crippen LogP contribution in [0.3, 0.4) is 0 Å². The van der Waals surface area contributed by atoms with Crippen molar-refractivity contribution in [2.45, 2.75) is 44.6 Å².